The van der Waals surface area contributed by atoms with Crippen LogP contribution in [0.15, 0.2) is 34.7 Å². The van der Waals surface area contributed by atoms with E-state index in [0.29, 0.717) is 12.1 Å². The fraction of sp³-hybridized carbons (Fsp3) is 0.294. The summed E-state index contributed by atoms with van der Waals surface area (Å²) in [6, 6.07) is 7.93. The van der Waals surface area contributed by atoms with Crippen molar-refractivity contribution >= 4 is 17.6 Å². The molecule has 0 radical (unpaired) electrons. The second-order valence-corrected chi connectivity index (χ2v) is 5.40. The molecule has 0 bridgehead atoms. The summed E-state index contributed by atoms with van der Waals surface area (Å²) in [6.45, 7) is 5.87. The Morgan fingerprint density at radius 2 is 1.87 bits per heavy atom. The number of aryl methyl sites for hydroxylation is 2. The number of carboxylic acid groups (broad SMARTS) is 1. The van der Waals surface area contributed by atoms with Crippen molar-refractivity contribution in [3.05, 3.63) is 53.0 Å². The Bertz CT molecular complexity index is 704. The van der Waals surface area contributed by atoms with Crippen molar-refractivity contribution in [2.24, 2.45) is 0 Å². The topological polar surface area (TPSA) is 91.6 Å². The van der Waals surface area contributed by atoms with E-state index in [1.54, 1.807) is 24.3 Å². The van der Waals surface area contributed by atoms with E-state index in [1.807, 2.05) is 19.9 Å². The summed E-state index contributed by atoms with van der Waals surface area (Å²) in [5, 5.41) is 14.5. The molecule has 122 valence electrons. The average molecular weight is 316 g/mol. The molecular formula is C17H20N2O4. The highest BCUT2D eigenvalue weighted by atomic mass is 16.4. The minimum absolute atomic E-state index is 0.409. The number of aliphatic carboxylic acids is 1. The van der Waals surface area contributed by atoms with E-state index in [-0.39, 0.29) is 0 Å². The normalized spacial score (nSPS) is 11.8. The number of rotatable bonds is 6. The fourth-order valence-corrected chi connectivity index (χ4v) is 2.14. The van der Waals surface area contributed by atoms with Gasteiger partial charge in [-0.3, -0.25) is 9.59 Å². The van der Waals surface area contributed by atoms with Gasteiger partial charge in [0.2, 0.25) is 0 Å². The summed E-state index contributed by atoms with van der Waals surface area (Å²) in [7, 11) is 0. The number of hydrogen-bond acceptors (Lipinski definition) is 4. The van der Waals surface area contributed by atoms with Gasteiger partial charge in [-0.2, -0.15) is 0 Å². The zero-order valence-corrected chi connectivity index (χ0v) is 13.3. The van der Waals surface area contributed by atoms with Gasteiger partial charge in [0.05, 0.1) is 0 Å². The van der Waals surface area contributed by atoms with Crippen LogP contribution in [0.5, 0.6) is 0 Å². The molecule has 3 N–H and O–H groups in total. The molecule has 0 aliphatic heterocycles. The summed E-state index contributed by atoms with van der Waals surface area (Å²) < 4.78 is 5.47. The van der Waals surface area contributed by atoms with Gasteiger partial charge in [0.15, 0.2) is 0 Å². The molecule has 23 heavy (non-hydrogen) atoms. The van der Waals surface area contributed by atoms with Crippen molar-refractivity contribution in [1.29, 1.82) is 0 Å². The standard InChI is InChI=1S/C17H20N2O4/c1-10-8-14(12(3)23-10)9-18-15-6-4-13(5-7-15)16(20)19-11(2)17(21)22/h4-8,11,18H,9H2,1-3H3,(H,19,20)(H,21,22). The number of carbonyl (C=O) groups is 2. The number of amides is 1. The van der Waals surface area contributed by atoms with Crippen molar-refractivity contribution in [2.45, 2.75) is 33.4 Å². The zero-order chi connectivity index (χ0) is 17.0. The van der Waals surface area contributed by atoms with E-state index in [1.165, 1.54) is 6.92 Å². The molecule has 1 heterocycles. The van der Waals surface area contributed by atoms with E-state index < -0.39 is 17.9 Å². The molecule has 1 aromatic heterocycles. The molecule has 0 spiro atoms. The number of furan rings is 1. The Hall–Kier alpha value is -2.76. The smallest absolute Gasteiger partial charge is 0.325 e. The summed E-state index contributed by atoms with van der Waals surface area (Å²) >= 11 is 0. The average Bonchev–Trinajstić information content (AvgIpc) is 2.83. The Morgan fingerprint density at radius 1 is 1.22 bits per heavy atom. The Labute approximate surface area is 134 Å². The van der Waals surface area contributed by atoms with E-state index in [0.717, 1.165) is 22.8 Å². The molecule has 0 aliphatic carbocycles. The summed E-state index contributed by atoms with van der Waals surface area (Å²) in [6.07, 6.45) is 0. The van der Waals surface area contributed by atoms with Crippen molar-refractivity contribution in [1.82, 2.24) is 5.32 Å². The van der Waals surface area contributed by atoms with Gasteiger partial charge in [-0.15, -0.1) is 0 Å². The molecule has 1 unspecified atom stereocenters. The molecular weight excluding hydrogens is 296 g/mol. The molecule has 2 aromatic rings. The predicted octanol–water partition coefficient (Wildman–Crippen LogP) is 2.71. The first-order valence-electron chi connectivity index (χ1n) is 7.30. The lowest BCUT2D eigenvalue weighted by Gasteiger charge is -2.10. The van der Waals surface area contributed by atoms with Gasteiger partial charge >= 0.3 is 5.97 Å². The Kier molecular flexibility index (Phi) is 5.05. The lowest BCUT2D eigenvalue weighted by atomic mass is 10.1. The molecule has 0 fully saturated rings. The highest BCUT2D eigenvalue weighted by Crippen LogP contribution is 2.16. The predicted molar refractivity (Wildman–Crippen MR) is 86.5 cm³/mol. The maximum absolute atomic E-state index is 11.9. The van der Waals surface area contributed by atoms with Crippen LogP contribution in [0.2, 0.25) is 0 Å². The van der Waals surface area contributed by atoms with Gasteiger partial charge in [-0.1, -0.05) is 0 Å². The van der Waals surface area contributed by atoms with E-state index in [2.05, 4.69) is 10.6 Å². The van der Waals surface area contributed by atoms with Crippen molar-refractivity contribution in [3.63, 3.8) is 0 Å². The third kappa shape index (κ3) is 4.35. The zero-order valence-electron chi connectivity index (χ0n) is 13.3. The van der Waals surface area contributed by atoms with Gasteiger partial charge in [0.1, 0.15) is 17.6 Å². The monoisotopic (exact) mass is 316 g/mol. The molecule has 1 amide bonds. The first-order chi connectivity index (χ1) is 10.9. The number of nitrogens with one attached hydrogen (secondary N) is 2. The van der Waals surface area contributed by atoms with E-state index in [9.17, 15) is 9.59 Å². The number of anilines is 1. The van der Waals surface area contributed by atoms with Crippen LogP contribution < -0.4 is 10.6 Å². The lowest BCUT2D eigenvalue weighted by molar-refractivity contribution is -0.138. The van der Waals surface area contributed by atoms with Gasteiger partial charge in [0.25, 0.3) is 5.91 Å². The van der Waals surface area contributed by atoms with E-state index in [4.69, 9.17) is 9.52 Å². The van der Waals surface area contributed by atoms with E-state index >= 15 is 0 Å². The second kappa shape index (κ2) is 7.00. The maximum Gasteiger partial charge on any atom is 0.325 e. The van der Waals surface area contributed by atoms with Crippen LogP contribution in [-0.2, 0) is 11.3 Å². The number of benzene rings is 1. The second-order valence-electron chi connectivity index (χ2n) is 5.40. The molecule has 2 rings (SSSR count). The Morgan fingerprint density at radius 3 is 2.39 bits per heavy atom. The minimum Gasteiger partial charge on any atom is -0.480 e. The van der Waals surface area contributed by atoms with Crippen LogP contribution in [-0.4, -0.2) is 23.0 Å². The van der Waals surface area contributed by atoms with Crippen LogP contribution in [0.3, 0.4) is 0 Å². The van der Waals surface area contributed by atoms with Crippen molar-refractivity contribution in [2.75, 3.05) is 5.32 Å². The highest BCUT2D eigenvalue weighted by molar-refractivity contribution is 5.96. The number of carboxylic acids is 1. The molecule has 6 heteroatoms. The van der Waals surface area contributed by atoms with Crippen LogP contribution in [0.1, 0.15) is 34.4 Å². The fourth-order valence-electron chi connectivity index (χ4n) is 2.14. The Balaban J connectivity index is 1.95. The molecule has 0 aliphatic rings. The first-order valence-corrected chi connectivity index (χ1v) is 7.30. The van der Waals surface area contributed by atoms with Crippen LogP contribution in [0.25, 0.3) is 0 Å². The van der Waals surface area contributed by atoms with Crippen molar-refractivity contribution < 1.29 is 19.1 Å². The lowest BCUT2D eigenvalue weighted by Crippen LogP contribution is -2.38. The van der Waals surface area contributed by atoms with Crippen LogP contribution in [0.4, 0.5) is 5.69 Å². The minimum atomic E-state index is -1.07. The highest BCUT2D eigenvalue weighted by Gasteiger charge is 2.15. The first kappa shape index (κ1) is 16.6. The summed E-state index contributed by atoms with van der Waals surface area (Å²) in [4.78, 5) is 22.6. The quantitative estimate of drug-likeness (QED) is 0.762. The molecule has 0 saturated heterocycles. The molecule has 6 nitrogen and oxygen atoms in total. The van der Waals surface area contributed by atoms with Gasteiger partial charge in [-0.05, 0) is 51.1 Å². The molecule has 0 saturated carbocycles. The molecule has 1 aromatic carbocycles. The maximum atomic E-state index is 11.9. The summed E-state index contributed by atoms with van der Waals surface area (Å²) in [5.74, 6) is 0.280. The van der Waals surface area contributed by atoms with Gasteiger partial charge < -0.3 is 20.2 Å². The van der Waals surface area contributed by atoms with Gasteiger partial charge in [-0.25, -0.2) is 0 Å². The summed E-state index contributed by atoms with van der Waals surface area (Å²) in [5.41, 5.74) is 2.37. The third-order valence-electron chi connectivity index (χ3n) is 3.49. The van der Waals surface area contributed by atoms with Crippen LogP contribution >= 0.6 is 0 Å². The van der Waals surface area contributed by atoms with Crippen molar-refractivity contribution in [3.8, 4) is 0 Å². The largest absolute Gasteiger partial charge is 0.480 e. The number of carbonyl (C=O) groups excluding carboxylic acids is 1. The van der Waals surface area contributed by atoms with Crippen LogP contribution in [0, 0.1) is 13.8 Å². The number of hydrogen-bond donors (Lipinski definition) is 3. The molecule has 1 atom stereocenters. The third-order valence-corrected chi connectivity index (χ3v) is 3.49. The van der Waals surface area contributed by atoms with Gasteiger partial charge in [0, 0.05) is 23.4 Å². The SMILES string of the molecule is Cc1cc(CNc2ccc(C(=O)NC(C)C(=O)O)cc2)c(C)o1.